The summed E-state index contributed by atoms with van der Waals surface area (Å²) >= 11 is 0. The lowest BCUT2D eigenvalue weighted by Crippen LogP contribution is -1.91. The summed E-state index contributed by atoms with van der Waals surface area (Å²) < 4.78 is 5.03. The van der Waals surface area contributed by atoms with Gasteiger partial charge in [0.2, 0.25) is 0 Å². The van der Waals surface area contributed by atoms with E-state index in [1.807, 2.05) is 12.1 Å². The van der Waals surface area contributed by atoms with Crippen LogP contribution in [-0.4, -0.2) is 5.78 Å². The van der Waals surface area contributed by atoms with Crippen LogP contribution in [0, 0.1) is 35.5 Å². The first-order valence-electron chi connectivity index (χ1n) is 5.56. The Labute approximate surface area is 109 Å². The van der Waals surface area contributed by atoms with E-state index >= 15 is 0 Å². The normalized spacial score (nSPS) is 7.06. The van der Waals surface area contributed by atoms with Crippen molar-refractivity contribution in [3.63, 3.8) is 0 Å². The highest BCUT2D eigenvalue weighted by molar-refractivity contribution is 5.75. The third-order valence-electron chi connectivity index (χ3n) is 1.74. The third kappa shape index (κ3) is 10.2. The molecule has 1 aromatic heterocycles. The van der Waals surface area contributed by atoms with E-state index in [0.717, 1.165) is 12.2 Å². The number of carbonyl (C=O) groups excluding carboxylic acids is 1. The molecule has 1 aromatic rings. The van der Waals surface area contributed by atoms with Gasteiger partial charge in [-0.25, -0.2) is 0 Å². The molecule has 0 spiro atoms. The van der Waals surface area contributed by atoms with Crippen LogP contribution >= 0.6 is 0 Å². The Morgan fingerprint density at radius 2 is 1.78 bits per heavy atom. The van der Waals surface area contributed by atoms with Gasteiger partial charge < -0.3 is 9.21 Å². The Morgan fingerprint density at radius 3 is 2.17 bits per heavy atom. The minimum absolute atomic E-state index is 0.205. The fraction of sp³-hybridized carbons (Fsp3) is 0.312. The molecule has 18 heavy (non-hydrogen) atoms. The van der Waals surface area contributed by atoms with E-state index in [0.29, 0.717) is 6.42 Å². The zero-order valence-corrected chi connectivity index (χ0v) is 11.0. The van der Waals surface area contributed by atoms with Crippen LogP contribution in [0.15, 0.2) is 22.8 Å². The first kappa shape index (κ1) is 15.6. The molecule has 0 aliphatic heterocycles. The smallest absolute Gasteiger partial charge is 0.130 e. The van der Waals surface area contributed by atoms with Crippen molar-refractivity contribution >= 4 is 5.78 Å². The molecule has 0 bridgehead atoms. The largest absolute Gasteiger partial charge is 0.469 e. The molecule has 92 valence electrons. The summed E-state index contributed by atoms with van der Waals surface area (Å²) in [6.07, 6.45) is 2.92. The second-order valence-corrected chi connectivity index (χ2v) is 3.28. The quantitative estimate of drug-likeness (QED) is 0.760. The summed E-state index contributed by atoms with van der Waals surface area (Å²) in [6.45, 7) is 5.07. The molecule has 0 aliphatic rings. The van der Waals surface area contributed by atoms with E-state index in [9.17, 15) is 4.79 Å². The van der Waals surface area contributed by atoms with Crippen LogP contribution in [0.5, 0.6) is 0 Å². The van der Waals surface area contributed by atoms with E-state index in [1.54, 1.807) is 27.0 Å². The number of hydrogen-bond donors (Lipinski definition) is 0. The van der Waals surface area contributed by atoms with Crippen LogP contribution in [0.1, 0.15) is 33.0 Å². The molecule has 0 amide bonds. The topological polar surface area (TPSA) is 30.2 Å². The van der Waals surface area contributed by atoms with Crippen molar-refractivity contribution in [1.82, 2.24) is 0 Å². The average molecular weight is 240 g/mol. The lowest BCUT2D eigenvalue weighted by Gasteiger charge is -1.90. The molecule has 0 aliphatic carbocycles. The Bertz CT molecular complexity index is 493. The highest BCUT2D eigenvalue weighted by atomic mass is 16.3. The molecular weight excluding hydrogens is 224 g/mol. The van der Waals surface area contributed by atoms with Gasteiger partial charge in [-0.2, -0.15) is 0 Å². The van der Waals surface area contributed by atoms with E-state index in [4.69, 9.17) is 4.42 Å². The lowest BCUT2D eigenvalue weighted by atomic mass is 10.2. The molecule has 2 nitrogen and oxygen atoms in total. The number of Topliss-reactive ketones (excluding diaryl/α,β-unsaturated/α-hetero) is 1. The van der Waals surface area contributed by atoms with Gasteiger partial charge in [0.25, 0.3) is 0 Å². The van der Waals surface area contributed by atoms with Crippen molar-refractivity contribution in [2.45, 2.75) is 33.6 Å². The molecule has 1 rings (SSSR count). The highest BCUT2D eigenvalue weighted by Gasteiger charge is 1.97. The number of aryl methyl sites for hydroxylation is 1. The van der Waals surface area contributed by atoms with Gasteiger partial charge in [-0.15, -0.1) is 0 Å². The van der Waals surface area contributed by atoms with Gasteiger partial charge in [0.05, 0.1) is 6.26 Å². The SMILES string of the molecule is CC#CC#CC#CC.CC(=O)CCc1ccco1. The van der Waals surface area contributed by atoms with E-state index in [-0.39, 0.29) is 5.78 Å². The molecule has 1 heterocycles. The molecule has 0 radical (unpaired) electrons. The first-order chi connectivity index (χ1) is 8.70. The first-order valence-corrected chi connectivity index (χ1v) is 5.56. The fourth-order valence-electron chi connectivity index (χ4n) is 0.942. The van der Waals surface area contributed by atoms with Crippen LogP contribution in [0.3, 0.4) is 0 Å². The van der Waals surface area contributed by atoms with Gasteiger partial charge in [-0.1, -0.05) is 11.8 Å². The van der Waals surface area contributed by atoms with Crippen LogP contribution in [0.25, 0.3) is 0 Å². The Balaban J connectivity index is 0.000000331. The lowest BCUT2D eigenvalue weighted by molar-refractivity contribution is -0.117. The van der Waals surface area contributed by atoms with Crippen LogP contribution in [0.2, 0.25) is 0 Å². The minimum Gasteiger partial charge on any atom is -0.469 e. The maximum atomic E-state index is 10.5. The number of hydrogen-bond acceptors (Lipinski definition) is 2. The Hall–Kier alpha value is -2.37. The average Bonchev–Trinajstić information content (AvgIpc) is 2.86. The van der Waals surface area contributed by atoms with Gasteiger partial charge >= 0.3 is 0 Å². The van der Waals surface area contributed by atoms with E-state index in [2.05, 4.69) is 35.5 Å². The molecule has 0 aromatic carbocycles. The summed E-state index contributed by atoms with van der Waals surface area (Å²) in [7, 11) is 0. The highest BCUT2D eigenvalue weighted by Crippen LogP contribution is 2.03. The van der Waals surface area contributed by atoms with Crippen LogP contribution < -0.4 is 0 Å². The molecule has 2 heteroatoms. The summed E-state index contributed by atoms with van der Waals surface area (Å²) in [6, 6.07) is 3.71. The number of ketones is 1. The van der Waals surface area contributed by atoms with Gasteiger partial charge in [-0.3, -0.25) is 0 Å². The maximum absolute atomic E-state index is 10.5. The minimum atomic E-state index is 0.205. The van der Waals surface area contributed by atoms with Gasteiger partial charge in [-0.05, 0) is 56.6 Å². The van der Waals surface area contributed by atoms with E-state index < -0.39 is 0 Å². The summed E-state index contributed by atoms with van der Waals surface area (Å²) in [5, 5.41) is 0. The van der Waals surface area contributed by atoms with Crippen molar-refractivity contribution in [2.75, 3.05) is 0 Å². The summed E-state index contributed by atoms with van der Waals surface area (Å²) in [5.74, 6) is 16.6. The molecule has 0 saturated carbocycles. The molecule has 0 atom stereocenters. The van der Waals surface area contributed by atoms with Crippen molar-refractivity contribution in [3.8, 4) is 35.5 Å². The van der Waals surface area contributed by atoms with Crippen molar-refractivity contribution < 1.29 is 9.21 Å². The van der Waals surface area contributed by atoms with Crippen molar-refractivity contribution in [2.24, 2.45) is 0 Å². The third-order valence-corrected chi connectivity index (χ3v) is 1.74. The van der Waals surface area contributed by atoms with Gasteiger partial charge in [0.1, 0.15) is 11.5 Å². The number of furan rings is 1. The Morgan fingerprint density at radius 1 is 1.17 bits per heavy atom. The predicted octanol–water partition coefficient (Wildman–Crippen LogP) is 2.84. The molecule has 0 unspecified atom stereocenters. The maximum Gasteiger partial charge on any atom is 0.130 e. The number of rotatable bonds is 3. The predicted molar refractivity (Wildman–Crippen MR) is 72.4 cm³/mol. The summed E-state index contributed by atoms with van der Waals surface area (Å²) in [4.78, 5) is 10.5. The monoisotopic (exact) mass is 240 g/mol. The van der Waals surface area contributed by atoms with Crippen molar-refractivity contribution in [1.29, 1.82) is 0 Å². The number of carbonyl (C=O) groups is 1. The van der Waals surface area contributed by atoms with Gasteiger partial charge in [0, 0.05) is 12.8 Å². The molecule has 0 saturated heterocycles. The Kier molecular flexibility index (Phi) is 9.66. The standard InChI is InChI=1S/C8H10O2.C8H6/c1-7(9)4-5-8-3-2-6-10-8;1-3-5-7-8-6-4-2/h2-3,6H,4-5H2,1H3;1-2H3. The molecule has 0 fully saturated rings. The zero-order valence-electron chi connectivity index (χ0n) is 11.0. The molecular formula is C16H16O2. The van der Waals surface area contributed by atoms with Gasteiger partial charge in [0.15, 0.2) is 0 Å². The van der Waals surface area contributed by atoms with Crippen molar-refractivity contribution in [3.05, 3.63) is 24.2 Å². The second kappa shape index (κ2) is 11.1. The second-order valence-electron chi connectivity index (χ2n) is 3.28. The van der Waals surface area contributed by atoms with Crippen LogP contribution in [0.4, 0.5) is 0 Å². The fourth-order valence-corrected chi connectivity index (χ4v) is 0.942. The molecule has 0 N–H and O–H groups in total. The summed E-state index contributed by atoms with van der Waals surface area (Å²) in [5.41, 5.74) is 0. The van der Waals surface area contributed by atoms with E-state index in [1.165, 1.54) is 0 Å². The van der Waals surface area contributed by atoms with Crippen LogP contribution in [-0.2, 0) is 11.2 Å². The zero-order chi connectivity index (χ0) is 13.6.